The normalized spacial score (nSPS) is 12.0. The van der Waals surface area contributed by atoms with Crippen molar-refractivity contribution in [3.05, 3.63) is 112 Å². The lowest BCUT2D eigenvalue weighted by atomic mass is 10.1. The third kappa shape index (κ3) is 4.73. The molecule has 3 aromatic heterocycles. The van der Waals surface area contributed by atoms with E-state index in [9.17, 15) is 4.79 Å². The van der Waals surface area contributed by atoms with Crippen LogP contribution in [0.3, 0.4) is 0 Å². The molecule has 0 N–H and O–H groups in total. The molecule has 8 heteroatoms. The molecule has 0 unspecified atom stereocenters. The number of fused-ring (bicyclic) bond motifs is 1. The Morgan fingerprint density at radius 3 is 2.29 bits per heavy atom. The van der Waals surface area contributed by atoms with Gasteiger partial charge >= 0.3 is 0 Å². The fourth-order valence-electron chi connectivity index (χ4n) is 4.09. The van der Waals surface area contributed by atoms with Crippen molar-refractivity contribution in [3.8, 4) is 34.1 Å². The maximum absolute atomic E-state index is 13.3. The van der Waals surface area contributed by atoms with E-state index < -0.39 is 0 Å². The van der Waals surface area contributed by atoms with Crippen molar-refractivity contribution in [2.45, 2.75) is 13.8 Å². The van der Waals surface area contributed by atoms with Gasteiger partial charge in [-0.25, -0.2) is 4.68 Å². The first-order chi connectivity index (χ1) is 18.5. The predicted molar refractivity (Wildman–Crippen MR) is 151 cm³/mol. The molecule has 0 amide bonds. The maximum atomic E-state index is 13.3. The molecule has 0 bridgehead atoms. The molecule has 0 saturated carbocycles. The molecule has 0 fully saturated rings. The molecule has 7 nitrogen and oxygen atoms in total. The molecule has 0 aliphatic heterocycles. The van der Waals surface area contributed by atoms with E-state index in [4.69, 9.17) is 9.84 Å². The quantitative estimate of drug-likeness (QED) is 0.288. The lowest BCUT2D eigenvalue weighted by Gasteiger charge is -2.09. The first kappa shape index (κ1) is 23.8. The number of hydrogen-bond donors (Lipinski definition) is 0. The highest BCUT2D eigenvalue weighted by Gasteiger charge is 2.15. The van der Waals surface area contributed by atoms with E-state index in [0.29, 0.717) is 27.8 Å². The van der Waals surface area contributed by atoms with Gasteiger partial charge < -0.3 is 4.74 Å². The Morgan fingerprint density at radius 1 is 0.895 bits per heavy atom. The summed E-state index contributed by atoms with van der Waals surface area (Å²) in [6.45, 7) is 4.90. The summed E-state index contributed by atoms with van der Waals surface area (Å²) < 4.78 is 9.61. The molecule has 188 valence electrons. The Labute approximate surface area is 223 Å². The summed E-state index contributed by atoms with van der Waals surface area (Å²) in [5.41, 5.74) is 4.14. The maximum Gasteiger partial charge on any atom is 0.291 e. The lowest BCUT2D eigenvalue weighted by molar-refractivity contribution is 0.271. The monoisotopic (exact) mass is 519 g/mol. The summed E-state index contributed by atoms with van der Waals surface area (Å²) >= 11 is 1.32. The molecule has 0 radical (unpaired) electrons. The van der Waals surface area contributed by atoms with Gasteiger partial charge in [0.1, 0.15) is 11.4 Å². The molecular weight excluding hydrogens is 494 g/mol. The van der Waals surface area contributed by atoms with Crippen LogP contribution in [0.15, 0.2) is 95.9 Å². The highest BCUT2D eigenvalue weighted by Crippen LogP contribution is 2.27. The number of aromatic nitrogens is 5. The highest BCUT2D eigenvalue weighted by atomic mass is 32.1. The van der Waals surface area contributed by atoms with E-state index in [1.807, 2.05) is 102 Å². The van der Waals surface area contributed by atoms with Crippen molar-refractivity contribution in [2.24, 2.45) is 5.92 Å². The van der Waals surface area contributed by atoms with Crippen LogP contribution in [0.1, 0.15) is 19.4 Å². The van der Waals surface area contributed by atoms with Crippen molar-refractivity contribution in [1.82, 2.24) is 24.4 Å². The lowest BCUT2D eigenvalue weighted by Crippen LogP contribution is -2.23. The number of thiazole rings is 1. The number of benzene rings is 3. The minimum atomic E-state index is -0.199. The van der Waals surface area contributed by atoms with Gasteiger partial charge in [-0.15, -0.1) is 5.10 Å². The SMILES string of the molecule is CC(C)COc1ccc(-c2nn(-c3ccccc3)cc2C=c2sc3nc(-c4ccccc4)nn3c2=O)cc1. The van der Waals surface area contributed by atoms with Crippen molar-refractivity contribution in [2.75, 3.05) is 6.61 Å². The number of para-hydroxylation sites is 1. The third-order valence-electron chi connectivity index (χ3n) is 5.97. The molecule has 0 atom stereocenters. The van der Waals surface area contributed by atoms with Gasteiger partial charge in [0.05, 0.1) is 16.8 Å². The van der Waals surface area contributed by atoms with Crippen molar-refractivity contribution < 1.29 is 4.74 Å². The van der Waals surface area contributed by atoms with Gasteiger partial charge in [0.15, 0.2) is 5.82 Å². The molecule has 6 aromatic rings. The number of hydrogen-bond acceptors (Lipinski definition) is 6. The largest absolute Gasteiger partial charge is 0.493 e. The summed E-state index contributed by atoms with van der Waals surface area (Å²) in [6.07, 6.45) is 3.81. The van der Waals surface area contributed by atoms with E-state index in [-0.39, 0.29) is 5.56 Å². The van der Waals surface area contributed by atoms with Crippen molar-refractivity contribution in [1.29, 1.82) is 0 Å². The van der Waals surface area contributed by atoms with Gasteiger partial charge in [0.25, 0.3) is 5.56 Å². The van der Waals surface area contributed by atoms with E-state index >= 15 is 0 Å². The average molecular weight is 520 g/mol. The topological polar surface area (TPSA) is 74.3 Å². The Bertz CT molecular complexity index is 1800. The van der Waals surface area contributed by atoms with Gasteiger partial charge in [-0.2, -0.15) is 14.6 Å². The summed E-state index contributed by atoms with van der Waals surface area (Å²) in [5, 5.41) is 9.35. The van der Waals surface area contributed by atoms with Crippen LogP contribution in [0.5, 0.6) is 5.75 Å². The van der Waals surface area contributed by atoms with Crippen LogP contribution in [0, 0.1) is 5.92 Å². The molecule has 0 spiro atoms. The molecule has 38 heavy (non-hydrogen) atoms. The predicted octanol–water partition coefficient (Wildman–Crippen LogP) is 5.25. The zero-order chi connectivity index (χ0) is 26.1. The average Bonchev–Trinajstić information content (AvgIpc) is 3.64. The van der Waals surface area contributed by atoms with Crippen LogP contribution >= 0.6 is 11.3 Å². The molecule has 0 aliphatic carbocycles. The fourth-order valence-corrected chi connectivity index (χ4v) is 4.99. The minimum absolute atomic E-state index is 0.199. The Kier molecular flexibility index (Phi) is 6.31. The number of ether oxygens (including phenoxy) is 1. The zero-order valence-corrected chi connectivity index (χ0v) is 21.8. The van der Waals surface area contributed by atoms with Gasteiger partial charge in [-0.1, -0.05) is 73.7 Å². The molecule has 3 aromatic carbocycles. The first-order valence-electron chi connectivity index (χ1n) is 12.4. The van der Waals surface area contributed by atoms with E-state index in [0.717, 1.165) is 33.8 Å². The van der Waals surface area contributed by atoms with Crippen LogP contribution in [0.4, 0.5) is 0 Å². The second-order valence-electron chi connectivity index (χ2n) is 9.35. The van der Waals surface area contributed by atoms with Gasteiger partial charge in [-0.05, 0) is 48.4 Å². The van der Waals surface area contributed by atoms with Gasteiger partial charge in [0, 0.05) is 22.9 Å². The van der Waals surface area contributed by atoms with Crippen molar-refractivity contribution >= 4 is 22.4 Å². The molecule has 3 heterocycles. The van der Waals surface area contributed by atoms with Crippen LogP contribution in [0.2, 0.25) is 0 Å². The molecular formula is C30H25N5O2S. The van der Waals surface area contributed by atoms with E-state index in [1.54, 1.807) is 0 Å². The minimum Gasteiger partial charge on any atom is -0.493 e. The summed E-state index contributed by atoms with van der Waals surface area (Å²) in [5.74, 6) is 1.80. The Morgan fingerprint density at radius 2 is 1.61 bits per heavy atom. The third-order valence-corrected chi connectivity index (χ3v) is 6.93. The molecule has 0 saturated heterocycles. The second-order valence-corrected chi connectivity index (χ2v) is 10.4. The number of nitrogens with zero attached hydrogens (tertiary/aromatic N) is 5. The highest BCUT2D eigenvalue weighted by molar-refractivity contribution is 7.15. The van der Waals surface area contributed by atoms with E-state index in [1.165, 1.54) is 15.9 Å². The summed E-state index contributed by atoms with van der Waals surface area (Å²) in [7, 11) is 0. The Balaban J connectivity index is 1.42. The standard InChI is InChI=1S/C30H25N5O2S/c1-20(2)19-37-25-15-13-21(14-16-25)27-23(18-34(32-27)24-11-7-4-8-12-24)17-26-29(36)35-30(38-26)31-28(33-35)22-9-5-3-6-10-22/h3-18,20H,19H2,1-2H3. The van der Waals surface area contributed by atoms with Gasteiger partial charge in [0.2, 0.25) is 4.96 Å². The first-order valence-corrected chi connectivity index (χ1v) is 13.2. The molecule has 0 aliphatic rings. The summed E-state index contributed by atoms with van der Waals surface area (Å²) in [6, 6.07) is 27.5. The van der Waals surface area contributed by atoms with Crippen LogP contribution in [-0.4, -0.2) is 31.0 Å². The Hall–Kier alpha value is -4.56. The van der Waals surface area contributed by atoms with Crippen LogP contribution in [0.25, 0.3) is 39.4 Å². The smallest absolute Gasteiger partial charge is 0.291 e. The van der Waals surface area contributed by atoms with Crippen LogP contribution < -0.4 is 14.8 Å². The second kappa shape index (κ2) is 10.1. The van der Waals surface area contributed by atoms with Crippen molar-refractivity contribution in [3.63, 3.8) is 0 Å². The zero-order valence-electron chi connectivity index (χ0n) is 21.0. The number of rotatable bonds is 7. The van der Waals surface area contributed by atoms with Crippen LogP contribution in [-0.2, 0) is 0 Å². The summed E-state index contributed by atoms with van der Waals surface area (Å²) in [4.78, 5) is 18.4. The molecule has 6 rings (SSSR count). The van der Waals surface area contributed by atoms with E-state index in [2.05, 4.69) is 23.9 Å². The van der Waals surface area contributed by atoms with Gasteiger partial charge in [-0.3, -0.25) is 4.79 Å². The fraction of sp³-hybridized carbons (Fsp3) is 0.133.